The summed E-state index contributed by atoms with van der Waals surface area (Å²) < 4.78 is 23.7. The van der Waals surface area contributed by atoms with Gasteiger partial charge in [-0.1, -0.05) is 40.6 Å². The molecule has 2 unspecified atom stereocenters. The van der Waals surface area contributed by atoms with Crippen LogP contribution in [0.15, 0.2) is 72.0 Å². The molecule has 2 aromatic carbocycles. The minimum absolute atomic E-state index is 0.177. The Balaban J connectivity index is 1.35. The Hall–Kier alpha value is -2.91. The highest BCUT2D eigenvalue weighted by atomic mass is 32.3. The predicted octanol–water partition coefficient (Wildman–Crippen LogP) is 3.63. The van der Waals surface area contributed by atoms with Crippen LogP contribution in [0.4, 0.5) is 0 Å². The van der Waals surface area contributed by atoms with E-state index in [-0.39, 0.29) is 6.10 Å². The molecular formula is C25H27N4O3S+. The van der Waals surface area contributed by atoms with Crippen molar-refractivity contribution >= 4 is 15.9 Å². The van der Waals surface area contributed by atoms with Crippen LogP contribution in [0.25, 0.3) is 27.9 Å². The second-order valence-electron chi connectivity index (χ2n) is 8.69. The largest absolute Gasteiger partial charge is 0.392 e. The first-order valence-electron chi connectivity index (χ1n) is 11.0. The zero-order valence-corrected chi connectivity index (χ0v) is 19.3. The molecule has 5 rings (SSSR count). The number of aliphatic hydroxyl groups excluding tert-OH is 1. The van der Waals surface area contributed by atoms with Crippen LogP contribution >= 0.6 is 0 Å². The fourth-order valence-electron chi connectivity index (χ4n) is 4.29. The first-order chi connectivity index (χ1) is 15.9. The van der Waals surface area contributed by atoms with Gasteiger partial charge in [-0.2, -0.15) is 9.65 Å². The third-order valence-electron chi connectivity index (χ3n) is 6.19. The number of fused-ring (bicyclic) bond motifs is 1. The summed E-state index contributed by atoms with van der Waals surface area (Å²) in [5.74, 6) is 0. The Labute approximate surface area is 194 Å². The number of β-amino-alcohol motifs (C(OH)–C–C–N with tert-alkyl or cyclic N) is 1. The smallest absolute Gasteiger partial charge is 0.244 e. The molecule has 2 aromatic heterocycles. The lowest BCUT2D eigenvalue weighted by atomic mass is 10.0. The van der Waals surface area contributed by atoms with Gasteiger partial charge in [0.25, 0.3) is 0 Å². The highest BCUT2D eigenvalue weighted by molar-refractivity contribution is 7.97. The summed E-state index contributed by atoms with van der Waals surface area (Å²) in [7, 11) is -3.04. The van der Waals surface area contributed by atoms with Crippen molar-refractivity contribution in [1.82, 2.24) is 19.5 Å². The fraction of sp³-hybridized carbons (Fsp3) is 0.280. The van der Waals surface area contributed by atoms with Gasteiger partial charge in [0.2, 0.25) is 10.2 Å². The van der Waals surface area contributed by atoms with E-state index in [0.29, 0.717) is 10.5 Å². The molecule has 7 nitrogen and oxygen atoms in total. The van der Waals surface area contributed by atoms with Crippen LogP contribution in [0.2, 0.25) is 0 Å². The number of likely N-dealkylation sites (tertiary alicyclic amines) is 1. The van der Waals surface area contributed by atoms with Crippen molar-refractivity contribution in [2.75, 3.05) is 25.9 Å². The fourth-order valence-corrected chi connectivity index (χ4v) is 4.97. The van der Waals surface area contributed by atoms with E-state index < -0.39 is 10.2 Å². The van der Waals surface area contributed by atoms with Gasteiger partial charge in [-0.25, -0.2) is 9.50 Å². The van der Waals surface area contributed by atoms with Crippen LogP contribution in [-0.2, 0) is 20.8 Å². The number of hydrogen-bond donors (Lipinski definition) is 2. The minimum atomic E-state index is -3.04. The van der Waals surface area contributed by atoms with Crippen molar-refractivity contribution < 1.29 is 13.9 Å². The molecule has 0 saturated carbocycles. The number of nitrogens with zero attached hydrogens (tertiary/aromatic N) is 4. The molecule has 0 aliphatic carbocycles. The van der Waals surface area contributed by atoms with Gasteiger partial charge in [0.1, 0.15) is 6.26 Å². The predicted molar refractivity (Wildman–Crippen MR) is 129 cm³/mol. The van der Waals surface area contributed by atoms with E-state index in [1.54, 1.807) is 28.9 Å². The van der Waals surface area contributed by atoms with Crippen molar-refractivity contribution in [3.8, 4) is 22.3 Å². The lowest BCUT2D eigenvalue weighted by molar-refractivity contribution is 0.177. The van der Waals surface area contributed by atoms with Gasteiger partial charge in [0, 0.05) is 49.2 Å². The highest BCUT2D eigenvalue weighted by Crippen LogP contribution is 2.28. The number of rotatable bonds is 6. The standard InChI is InChI=1S/C25H26N4O3S/c1-33(31,32)23-4-2-3-20(13-23)24-15-27-29-16-21(14-26-25(24)29)19-7-5-18(6-8-19)9-11-28-12-10-22(30)17-28/h2-8,13-16,22,30H,9-12,17H2,1H3/p+1. The minimum Gasteiger partial charge on any atom is -0.392 e. The zero-order valence-electron chi connectivity index (χ0n) is 18.5. The third-order valence-corrected chi connectivity index (χ3v) is 7.32. The van der Waals surface area contributed by atoms with Crippen LogP contribution < -0.4 is 0 Å². The normalized spacial score (nSPS) is 18.6. The molecule has 0 bridgehead atoms. The number of hydrogen-bond acceptors (Lipinski definition) is 5. The quantitative estimate of drug-likeness (QED) is 0.425. The molecule has 0 spiro atoms. The topological polar surface area (TPSA) is 91.0 Å². The molecule has 1 saturated heterocycles. The third kappa shape index (κ3) is 4.74. The summed E-state index contributed by atoms with van der Waals surface area (Å²) in [4.78, 5) is 7.33. The van der Waals surface area contributed by atoms with Gasteiger partial charge in [0.05, 0.1) is 12.3 Å². The van der Waals surface area contributed by atoms with Crippen LogP contribution in [0, 0.1) is 0 Å². The second kappa shape index (κ2) is 8.79. The molecule has 0 radical (unpaired) electrons. The summed E-state index contributed by atoms with van der Waals surface area (Å²) in [6.07, 6.45) is 8.49. The zero-order chi connectivity index (χ0) is 23.0. The van der Waals surface area contributed by atoms with Gasteiger partial charge < -0.3 is 10.0 Å². The van der Waals surface area contributed by atoms with E-state index in [2.05, 4.69) is 39.2 Å². The van der Waals surface area contributed by atoms with Gasteiger partial charge >= 0.3 is 0 Å². The monoisotopic (exact) mass is 463 g/mol. The van der Waals surface area contributed by atoms with E-state index in [1.165, 1.54) is 11.8 Å². The van der Waals surface area contributed by atoms with E-state index >= 15 is 0 Å². The number of benzene rings is 2. The van der Waals surface area contributed by atoms with Gasteiger partial charge in [-0.05, 0) is 35.6 Å². The number of aromatic nitrogens is 3. The van der Waals surface area contributed by atoms with Crippen molar-refractivity contribution in [1.29, 1.82) is 0 Å². The maximum absolute atomic E-state index is 12.0. The van der Waals surface area contributed by atoms with Gasteiger partial charge in [0.15, 0.2) is 10.5 Å². The molecule has 170 valence electrons. The Morgan fingerprint density at radius 3 is 2.64 bits per heavy atom. The molecule has 1 aliphatic rings. The molecular weight excluding hydrogens is 436 g/mol. The molecule has 0 amide bonds. The Kier molecular flexibility index (Phi) is 5.84. The van der Waals surface area contributed by atoms with Crippen LogP contribution in [0.5, 0.6) is 0 Å². The summed E-state index contributed by atoms with van der Waals surface area (Å²) >= 11 is 0. The van der Waals surface area contributed by atoms with Gasteiger partial charge in [-0.15, -0.1) is 0 Å². The average Bonchev–Trinajstić information content (AvgIpc) is 3.43. The van der Waals surface area contributed by atoms with Crippen molar-refractivity contribution in [3.05, 3.63) is 72.7 Å². The van der Waals surface area contributed by atoms with E-state index in [9.17, 15) is 13.9 Å². The maximum atomic E-state index is 12.0. The molecule has 1 aliphatic heterocycles. The Bertz CT molecular complexity index is 1330. The van der Waals surface area contributed by atoms with Crippen molar-refractivity contribution in [2.45, 2.75) is 23.8 Å². The molecule has 1 fully saturated rings. The SMILES string of the molecule is C[S+](=O)(O)c1cccc(-c2cnn3cc(-c4ccc(CCN5CCC(O)C5)cc4)cnc23)c1. The molecule has 33 heavy (non-hydrogen) atoms. The lowest BCUT2D eigenvalue weighted by Crippen LogP contribution is -2.24. The summed E-state index contributed by atoms with van der Waals surface area (Å²) in [6.45, 7) is 2.71. The average molecular weight is 464 g/mol. The van der Waals surface area contributed by atoms with Crippen molar-refractivity contribution in [3.63, 3.8) is 0 Å². The van der Waals surface area contributed by atoms with Crippen LogP contribution in [-0.4, -0.2) is 61.2 Å². The Morgan fingerprint density at radius 2 is 1.91 bits per heavy atom. The van der Waals surface area contributed by atoms with E-state index in [1.807, 2.05) is 18.5 Å². The first kappa shape index (κ1) is 21.9. The van der Waals surface area contributed by atoms with Gasteiger partial charge in [-0.3, -0.25) is 0 Å². The first-order valence-corrected chi connectivity index (χ1v) is 12.9. The summed E-state index contributed by atoms with van der Waals surface area (Å²) in [5.41, 5.74) is 5.62. The van der Waals surface area contributed by atoms with Crippen molar-refractivity contribution in [2.24, 2.45) is 0 Å². The molecule has 8 heteroatoms. The highest BCUT2D eigenvalue weighted by Gasteiger charge is 2.22. The second-order valence-corrected chi connectivity index (χ2v) is 10.8. The Morgan fingerprint density at radius 1 is 1.09 bits per heavy atom. The van der Waals surface area contributed by atoms with Crippen LogP contribution in [0.3, 0.4) is 0 Å². The van der Waals surface area contributed by atoms with E-state index in [4.69, 9.17) is 0 Å². The molecule has 4 aromatic rings. The van der Waals surface area contributed by atoms with E-state index in [0.717, 1.165) is 54.7 Å². The maximum Gasteiger partial charge on any atom is 0.244 e. The molecule has 2 atom stereocenters. The summed E-state index contributed by atoms with van der Waals surface area (Å²) in [5, 5.41) is 14.1. The number of aliphatic hydroxyl groups is 1. The lowest BCUT2D eigenvalue weighted by Gasteiger charge is -2.14. The van der Waals surface area contributed by atoms with Crippen LogP contribution in [0.1, 0.15) is 12.0 Å². The molecule has 3 heterocycles. The molecule has 2 N–H and O–H groups in total. The summed E-state index contributed by atoms with van der Waals surface area (Å²) in [6, 6.07) is 15.5.